The number of carbonyl (C=O) groups is 1. The van der Waals surface area contributed by atoms with Gasteiger partial charge in [0.2, 0.25) is 6.79 Å². The van der Waals surface area contributed by atoms with E-state index in [1.54, 1.807) is 0 Å². The molecular formula is C39H42N4O4. The fourth-order valence-corrected chi connectivity index (χ4v) is 5.97. The minimum atomic E-state index is -0.177. The lowest BCUT2D eigenvalue weighted by Crippen LogP contribution is -2.25. The second-order valence-corrected chi connectivity index (χ2v) is 11.9. The fourth-order valence-electron chi connectivity index (χ4n) is 5.97. The van der Waals surface area contributed by atoms with Crippen molar-refractivity contribution in [1.82, 2.24) is 14.5 Å². The van der Waals surface area contributed by atoms with Gasteiger partial charge in [0.05, 0.1) is 18.0 Å². The van der Waals surface area contributed by atoms with Crippen LogP contribution in [0.1, 0.15) is 36.6 Å². The molecule has 0 bridgehead atoms. The first-order chi connectivity index (χ1) is 23.0. The van der Waals surface area contributed by atoms with Crippen LogP contribution in [0.3, 0.4) is 0 Å². The van der Waals surface area contributed by atoms with Crippen molar-refractivity contribution in [2.75, 3.05) is 32.4 Å². The summed E-state index contributed by atoms with van der Waals surface area (Å²) >= 11 is 0. The van der Waals surface area contributed by atoms with Gasteiger partial charge in [-0.1, -0.05) is 78.9 Å². The van der Waals surface area contributed by atoms with Crippen LogP contribution in [0.5, 0.6) is 11.5 Å². The molecule has 1 aromatic heterocycles. The summed E-state index contributed by atoms with van der Waals surface area (Å²) in [6.45, 7) is 5.15. The predicted octanol–water partition coefficient (Wildman–Crippen LogP) is 7.56. The molecule has 0 N–H and O–H groups in total. The summed E-state index contributed by atoms with van der Waals surface area (Å²) in [4.78, 5) is 22.2. The largest absolute Gasteiger partial charge is 0.466 e. The molecule has 0 saturated heterocycles. The Balaban J connectivity index is 1.41. The molecule has 2 heterocycles. The normalized spacial score (nSPS) is 12.0. The van der Waals surface area contributed by atoms with Gasteiger partial charge in [-0.15, -0.1) is 0 Å². The molecule has 0 aliphatic carbocycles. The van der Waals surface area contributed by atoms with E-state index in [1.165, 1.54) is 5.56 Å². The molecule has 0 amide bonds. The summed E-state index contributed by atoms with van der Waals surface area (Å²) in [6, 6.07) is 35.6. The lowest BCUT2D eigenvalue weighted by atomic mass is 10.1. The number of esters is 1. The number of aromatic nitrogens is 2. The Morgan fingerprint density at radius 2 is 1.47 bits per heavy atom. The zero-order chi connectivity index (χ0) is 32.6. The van der Waals surface area contributed by atoms with Gasteiger partial charge in [-0.25, -0.2) is 4.98 Å². The third kappa shape index (κ3) is 7.84. The monoisotopic (exact) mass is 630 g/mol. The first kappa shape index (κ1) is 31.9. The quantitative estimate of drug-likeness (QED) is 0.117. The number of anilines is 1. The third-order valence-electron chi connectivity index (χ3n) is 8.30. The number of carbonyl (C=O) groups excluding carboxylic acids is 1. The van der Waals surface area contributed by atoms with Crippen molar-refractivity contribution in [3.05, 3.63) is 120 Å². The molecule has 4 aromatic carbocycles. The summed E-state index contributed by atoms with van der Waals surface area (Å²) in [6.07, 6.45) is 0.990. The number of ether oxygens (including phenoxy) is 3. The fraction of sp³-hybridized carbons (Fsp3) is 0.282. The molecule has 8 nitrogen and oxygen atoms in total. The van der Waals surface area contributed by atoms with Gasteiger partial charge < -0.3 is 23.7 Å². The lowest BCUT2D eigenvalue weighted by Gasteiger charge is -2.25. The van der Waals surface area contributed by atoms with Crippen LogP contribution in [0.4, 0.5) is 5.69 Å². The summed E-state index contributed by atoms with van der Waals surface area (Å²) in [7, 11) is 4.11. The highest BCUT2D eigenvalue weighted by atomic mass is 16.7. The molecule has 47 heavy (non-hydrogen) atoms. The van der Waals surface area contributed by atoms with Gasteiger partial charge >= 0.3 is 5.97 Å². The van der Waals surface area contributed by atoms with E-state index in [0.717, 1.165) is 57.6 Å². The van der Waals surface area contributed by atoms with Gasteiger partial charge in [0.1, 0.15) is 5.82 Å². The Bertz CT molecular complexity index is 1770. The van der Waals surface area contributed by atoms with Crippen LogP contribution < -0.4 is 14.4 Å². The highest BCUT2D eigenvalue weighted by Crippen LogP contribution is 2.35. The van der Waals surface area contributed by atoms with Gasteiger partial charge in [0.15, 0.2) is 11.5 Å². The van der Waals surface area contributed by atoms with Crippen LogP contribution in [-0.2, 0) is 35.7 Å². The Morgan fingerprint density at radius 3 is 2.17 bits per heavy atom. The molecular weight excluding hydrogens is 588 g/mol. The topological polar surface area (TPSA) is 69.1 Å². The molecule has 6 rings (SSSR count). The smallest absolute Gasteiger partial charge is 0.305 e. The molecule has 0 fully saturated rings. The molecule has 1 aliphatic rings. The summed E-state index contributed by atoms with van der Waals surface area (Å²) in [5.41, 5.74) is 7.65. The average molecular weight is 631 g/mol. The maximum absolute atomic E-state index is 12.4. The molecule has 0 spiro atoms. The molecule has 0 unspecified atom stereocenters. The van der Waals surface area contributed by atoms with E-state index < -0.39 is 0 Å². The number of hydrogen-bond acceptors (Lipinski definition) is 7. The van der Waals surface area contributed by atoms with E-state index >= 15 is 0 Å². The van der Waals surface area contributed by atoms with Crippen molar-refractivity contribution < 1.29 is 19.0 Å². The second-order valence-electron chi connectivity index (χ2n) is 11.9. The Hall–Kier alpha value is -5.08. The molecule has 0 radical (unpaired) electrons. The number of benzene rings is 4. The highest BCUT2D eigenvalue weighted by molar-refractivity contribution is 5.70. The van der Waals surface area contributed by atoms with Gasteiger partial charge in [-0.05, 0) is 48.7 Å². The maximum Gasteiger partial charge on any atom is 0.305 e. The van der Waals surface area contributed by atoms with E-state index in [9.17, 15) is 4.79 Å². The molecule has 1 aliphatic heterocycles. The van der Waals surface area contributed by atoms with E-state index in [1.807, 2.05) is 37.3 Å². The zero-order valence-corrected chi connectivity index (χ0v) is 27.4. The first-order valence-corrected chi connectivity index (χ1v) is 16.2. The summed E-state index contributed by atoms with van der Waals surface area (Å²) in [5.74, 6) is 2.27. The second kappa shape index (κ2) is 15.0. The molecule has 8 heteroatoms. The molecule has 5 aromatic rings. The zero-order valence-electron chi connectivity index (χ0n) is 27.4. The standard InChI is InChI=1S/C39H42N4O4/c1-4-45-37(44)16-11-23-43-34(38(31-12-7-5-8-13-31)40-39(43)32-14-9-6-10-15-32)27-42(25-29-17-20-33(21-18-29)41(2)3)26-30-19-22-35-36(24-30)47-28-46-35/h5-10,12-15,17-22,24H,4,11,16,23,25-28H2,1-3H3. The van der Waals surface area contributed by atoms with Crippen LogP contribution in [0.15, 0.2) is 103 Å². The van der Waals surface area contributed by atoms with Gasteiger partial charge in [0, 0.05) is 63.5 Å². The van der Waals surface area contributed by atoms with Crippen molar-refractivity contribution in [3.63, 3.8) is 0 Å². The van der Waals surface area contributed by atoms with Crippen LogP contribution in [0, 0.1) is 0 Å². The maximum atomic E-state index is 12.4. The number of rotatable bonds is 14. The number of imidazole rings is 1. The van der Waals surface area contributed by atoms with Crippen LogP contribution in [-0.4, -0.2) is 47.9 Å². The average Bonchev–Trinajstić information content (AvgIpc) is 3.70. The number of fused-ring (bicyclic) bond motifs is 1. The molecule has 0 saturated carbocycles. The van der Waals surface area contributed by atoms with Gasteiger partial charge in [-0.3, -0.25) is 9.69 Å². The number of nitrogens with zero attached hydrogens (tertiary/aromatic N) is 4. The number of hydrogen-bond donors (Lipinski definition) is 0. The SMILES string of the molecule is CCOC(=O)CCCn1c(-c2ccccc2)nc(-c2ccccc2)c1CN(Cc1ccc(N(C)C)cc1)Cc1ccc2c(c1)OCO2. The van der Waals surface area contributed by atoms with E-state index in [2.05, 4.69) is 101 Å². The van der Waals surface area contributed by atoms with E-state index in [-0.39, 0.29) is 12.8 Å². The van der Waals surface area contributed by atoms with Crippen molar-refractivity contribution in [2.45, 2.75) is 45.9 Å². The van der Waals surface area contributed by atoms with Crippen molar-refractivity contribution in [2.24, 2.45) is 0 Å². The van der Waals surface area contributed by atoms with Crippen LogP contribution >= 0.6 is 0 Å². The minimum absolute atomic E-state index is 0.177. The van der Waals surface area contributed by atoms with Gasteiger partial charge in [-0.2, -0.15) is 0 Å². The lowest BCUT2D eigenvalue weighted by molar-refractivity contribution is -0.143. The van der Waals surface area contributed by atoms with Crippen LogP contribution in [0.2, 0.25) is 0 Å². The van der Waals surface area contributed by atoms with E-state index in [0.29, 0.717) is 39.1 Å². The molecule has 242 valence electrons. The van der Waals surface area contributed by atoms with E-state index in [4.69, 9.17) is 19.2 Å². The summed E-state index contributed by atoms with van der Waals surface area (Å²) in [5, 5.41) is 0. The van der Waals surface area contributed by atoms with Crippen LogP contribution in [0.25, 0.3) is 22.6 Å². The highest BCUT2D eigenvalue weighted by Gasteiger charge is 2.23. The Morgan fingerprint density at radius 1 is 0.809 bits per heavy atom. The minimum Gasteiger partial charge on any atom is -0.466 e. The van der Waals surface area contributed by atoms with Gasteiger partial charge in [0.25, 0.3) is 0 Å². The Labute approximate surface area is 277 Å². The summed E-state index contributed by atoms with van der Waals surface area (Å²) < 4.78 is 18.9. The van der Waals surface area contributed by atoms with Crippen molar-refractivity contribution in [3.8, 4) is 34.1 Å². The first-order valence-electron chi connectivity index (χ1n) is 16.2. The van der Waals surface area contributed by atoms with Crippen molar-refractivity contribution in [1.29, 1.82) is 0 Å². The van der Waals surface area contributed by atoms with Crippen molar-refractivity contribution >= 4 is 11.7 Å². The molecule has 0 atom stereocenters. The third-order valence-corrected chi connectivity index (χ3v) is 8.30. The Kier molecular flexibility index (Phi) is 10.2. The predicted molar refractivity (Wildman–Crippen MR) is 185 cm³/mol.